The number of aryl methyl sites for hydroxylation is 1. The van der Waals surface area contributed by atoms with Crippen LogP contribution in [0.5, 0.6) is 0 Å². The predicted molar refractivity (Wildman–Crippen MR) is 66.0 cm³/mol. The number of nitrogens with zero attached hydrogens (tertiary/aromatic N) is 4. The molecule has 0 saturated carbocycles. The fraction of sp³-hybridized carbons (Fsp3) is 0.600. The van der Waals surface area contributed by atoms with Gasteiger partial charge in [-0.05, 0) is 0 Å². The van der Waals surface area contributed by atoms with Gasteiger partial charge >= 0.3 is 5.97 Å². The number of piperazine rings is 1. The summed E-state index contributed by atoms with van der Waals surface area (Å²) in [7, 11) is -1.86. The quantitative estimate of drug-likeness (QED) is 0.748. The van der Waals surface area contributed by atoms with Crippen LogP contribution in [0, 0.1) is 0 Å². The number of rotatable bonds is 4. The number of carbonyl (C=O) groups is 1. The maximum atomic E-state index is 12.3. The first-order valence-electron chi connectivity index (χ1n) is 5.82. The molecule has 9 heteroatoms. The lowest BCUT2D eigenvalue weighted by Gasteiger charge is -2.32. The van der Waals surface area contributed by atoms with Crippen LogP contribution in [-0.2, 0) is 21.9 Å². The van der Waals surface area contributed by atoms with Crippen molar-refractivity contribution in [2.24, 2.45) is 7.05 Å². The third kappa shape index (κ3) is 3.11. The Hall–Kier alpha value is -1.45. The Labute approximate surface area is 111 Å². The molecule has 0 bridgehead atoms. The maximum Gasteiger partial charge on any atom is 0.317 e. The number of carboxylic acids is 1. The van der Waals surface area contributed by atoms with E-state index in [-0.39, 0.29) is 11.4 Å². The molecule has 2 rings (SSSR count). The Kier molecular flexibility index (Phi) is 3.88. The Morgan fingerprint density at radius 2 is 2.00 bits per heavy atom. The van der Waals surface area contributed by atoms with E-state index in [1.54, 1.807) is 11.9 Å². The summed E-state index contributed by atoms with van der Waals surface area (Å²) in [6.07, 6.45) is 2.78. The van der Waals surface area contributed by atoms with Crippen LogP contribution in [0.3, 0.4) is 0 Å². The molecule has 1 aromatic rings. The summed E-state index contributed by atoms with van der Waals surface area (Å²) in [5.74, 6) is -0.899. The van der Waals surface area contributed by atoms with Crippen molar-refractivity contribution in [1.82, 2.24) is 19.0 Å². The highest BCUT2D eigenvalue weighted by Crippen LogP contribution is 2.16. The van der Waals surface area contributed by atoms with E-state index < -0.39 is 16.0 Å². The van der Waals surface area contributed by atoms with Gasteiger partial charge in [0.25, 0.3) is 0 Å². The molecular weight excluding hydrogens is 272 g/mol. The first kappa shape index (κ1) is 14.0. The molecular formula is C10H16N4O4S. The summed E-state index contributed by atoms with van der Waals surface area (Å²) in [6, 6.07) is 0. The van der Waals surface area contributed by atoms with Gasteiger partial charge in [0.05, 0.1) is 12.7 Å². The first-order chi connectivity index (χ1) is 8.89. The zero-order chi connectivity index (χ0) is 14.0. The summed E-state index contributed by atoms with van der Waals surface area (Å²) in [5.41, 5.74) is 0. The molecule has 1 saturated heterocycles. The van der Waals surface area contributed by atoms with Crippen LogP contribution in [0.2, 0.25) is 0 Å². The fourth-order valence-corrected chi connectivity index (χ4v) is 3.41. The molecule has 0 atom stereocenters. The summed E-state index contributed by atoms with van der Waals surface area (Å²) in [6.45, 7) is 1.38. The summed E-state index contributed by atoms with van der Waals surface area (Å²) in [4.78, 5) is 12.5. The minimum absolute atomic E-state index is 0.0548. The van der Waals surface area contributed by atoms with E-state index in [0.717, 1.165) is 0 Å². The van der Waals surface area contributed by atoms with Crippen molar-refractivity contribution in [3.63, 3.8) is 0 Å². The van der Waals surface area contributed by atoms with E-state index in [0.29, 0.717) is 26.2 Å². The number of hydrogen-bond donors (Lipinski definition) is 1. The van der Waals surface area contributed by atoms with Crippen LogP contribution >= 0.6 is 0 Å². The van der Waals surface area contributed by atoms with Gasteiger partial charge in [0.1, 0.15) is 4.90 Å². The third-order valence-electron chi connectivity index (χ3n) is 3.01. The van der Waals surface area contributed by atoms with Crippen molar-refractivity contribution in [1.29, 1.82) is 0 Å². The average Bonchev–Trinajstić information content (AvgIpc) is 2.76. The molecule has 0 amide bonds. The minimum Gasteiger partial charge on any atom is -0.480 e. The molecule has 0 radical (unpaired) electrons. The molecule has 1 fully saturated rings. The number of carboxylic acid groups (broad SMARTS) is 1. The number of aromatic nitrogens is 2. The molecule has 0 aromatic carbocycles. The summed E-state index contributed by atoms with van der Waals surface area (Å²) in [5, 5.41) is 12.5. The Balaban J connectivity index is 2.03. The smallest absolute Gasteiger partial charge is 0.317 e. The van der Waals surface area contributed by atoms with Crippen LogP contribution in [0.1, 0.15) is 0 Å². The van der Waals surface area contributed by atoms with Gasteiger partial charge in [-0.1, -0.05) is 0 Å². The topological polar surface area (TPSA) is 95.7 Å². The zero-order valence-electron chi connectivity index (χ0n) is 10.6. The molecule has 0 aliphatic carbocycles. The SMILES string of the molecule is Cn1cc(S(=O)(=O)N2CCN(CC(=O)O)CC2)cn1. The summed E-state index contributed by atoms with van der Waals surface area (Å²) < 4.78 is 27.3. The van der Waals surface area contributed by atoms with E-state index in [4.69, 9.17) is 5.11 Å². The molecule has 1 aliphatic heterocycles. The fourth-order valence-electron chi connectivity index (χ4n) is 2.00. The van der Waals surface area contributed by atoms with Gasteiger partial charge in [0, 0.05) is 39.4 Å². The maximum absolute atomic E-state index is 12.3. The van der Waals surface area contributed by atoms with E-state index >= 15 is 0 Å². The van der Waals surface area contributed by atoms with Crippen molar-refractivity contribution in [3.8, 4) is 0 Å². The third-order valence-corrected chi connectivity index (χ3v) is 4.86. The van der Waals surface area contributed by atoms with Crippen molar-refractivity contribution in [3.05, 3.63) is 12.4 Å². The molecule has 0 unspecified atom stereocenters. The van der Waals surface area contributed by atoms with E-state index in [1.165, 1.54) is 21.4 Å². The molecule has 0 spiro atoms. The normalized spacial score (nSPS) is 18.6. The number of sulfonamides is 1. The zero-order valence-corrected chi connectivity index (χ0v) is 11.4. The lowest BCUT2D eigenvalue weighted by molar-refractivity contribution is -0.138. The number of hydrogen-bond acceptors (Lipinski definition) is 5. The van der Waals surface area contributed by atoms with Gasteiger partial charge in [-0.15, -0.1) is 0 Å². The predicted octanol–water partition coefficient (Wildman–Crippen LogP) is -1.19. The standard InChI is InChI=1S/C10H16N4O4S/c1-12-7-9(6-11-12)19(17,18)14-4-2-13(3-5-14)8-10(15)16/h6-7H,2-5,8H2,1H3,(H,15,16). The molecule has 19 heavy (non-hydrogen) atoms. The van der Waals surface area contributed by atoms with Gasteiger partial charge in [0.15, 0.2) is 0 Å². The van der Waals surface area contributed by atoms with Gasteiger partial charge in [0.2, 0.25) is 10.0 Å². The molecule has 1 aromatic heterocycles. The van der Waals surface area contributed by atoms with Crippen molar-refractivity contribution >= 4 is 16.0 Å². The van der Waals surface area contributed by atoms with Gasteiger partial charge in [-0.2, -0.15) is 9.40 Å². The molecule has 8 nitrogen and oxygen atoms in total. The van der Waals surface area contributed by atoms with Gasteiger partial charge in [-0.3, -0.25) is 14.4 Å². The molecule has 106 valence electrons. The highest BCUT2D eigenvalue weighted by Gasteiger charge is 2.29. The minimum atomic E-state index is -3.52. The van der Waals surface area contributed by atoms with Crippen LogP contribution in [0.15, 0.2) is 17.3 Å². The van der Waals surface area contributed by atoms with E-state index in [9.17, 15) is 13.2 Å². The lowest BCUT2D eigenvalue weighted by atomic mass is 10.3. The Bertz CT molecular complexity index is 560. The first-order valence-corrected chi connectivity index (χ1v) is 7.26. The van der Waals surface area contributed by atoms with E-state index in [2.05, 4.69) is 5.10 Å². The summed E-state index contributed by atoms with van der Waals surface area (Å²) >= 11 is 0. The second-order valence-corrected chi connectivity index (χ2v) is 6.36. The number of aliphatic carboxylic acids is 1. The average molecular weight is 288 g/mol. The van der Waals surface area contributed by atoms with Crippen molar-refractivity contribution < 1.29 is 18.3 Å². The van der Waals surface area contributed by atoms with Crippen LogP contribution in [0.25, 0.3) is 0 Å². The Morgan fingerprint density at radius 1 is 1.37 bits per heavy atom. The second kappa shape index (κ2) is 5.27. The molecule has 2 heterocycles. The Morgan fingerprint density at radius 3 is 2.47 bits per heavy atom. The highest BCUT2D eigenvalue weighted by molar-refractivity contribution is 7.89. The highest BCUT2D eigenvalue weighted by atomic mass is 32.2. The second-order valence-electron chi connectivity index (χ2n) is 4.42. The van der Waals surface area contributed by atoms with Gasteiger partial charge in [-0.25, -0.2) is 8.42 Å². The van der Waals surface area contributed by atoms with Gasteiger partial charge < -0.3 is 5.11 Å². The lowest BCUT2D eigenvalue weighted by Crippen LogP contribution is -2.49. The molecule has 1 aliphatic rings. The van der Waals surface area contributed by atoms with Crippen LogP contribution in [0.4, 0.5) is 0 Å². The van der Waals surface area contributed by atoms with Crippen molar-refractivity contribution in [2.75, 3.05) is 32.7 Å². The van der Waals surface area contributed by atoms with E-state index in [1.807, 2.05) is 0 Å². The van der Waals surface area contributed by atoms with Crippen LogP contribution in [-0.4, -0.2) is 71.2 Å². The van der Waals surface area contributed by atoms with Crippen LogP contribution < -0.4 is 0 Å². The molecule has 1 N–H and O–H groups in total. The largest absolute Gasteiger partial charge is 0.480 e. The monoisotopic (exact) mass is 288 g/mol. The van der Waals surface area contributed by atoms with Crippen molar-refractivity contribution in [2.45, 2.75) is 4.90 Å².